The molecule has 3 aromatic rings. The lowest BCUT2D eigenvalue weighted by molar-refractivity contribution is -0.116. The Morgan fingerprint density at radius 2 is 2.23 bits per heavy atom. The third-order valence-corrected chi connectivity index (χ3v) is 6.03. The Labute approximate surface area is 180 Å². The van der Waals surface area contributed by atoms with Crippen LogP contribution in [0.25, 0.3) is 22.3 Å². The number of carbonyl (C=O) groups is 1. The van der Waals surface area contributed by atoms with Gasteiger partial charge in [0.2, 0.25) is 5.91 Å². The lowest BCUT2D eigenvalue weighted by atomic mass is 10.2. The molecule has 9 heteroatoms. The second-order valence-electron chi connectivity index (χ2n) is 7.71. The van der Waals surface area contributed by atoms with Crippen molar-refractivity contribution in [2.45, 2.75) is 25.8 Å². The molecule has 4 heterocycles. The van der Waals surface area contributed by atoms with E-state index in [0.717, 1.165) is 36.8 Å². The number of thiazole rings is 1. The first-order chi connectivity index (χ1) is 14.5. The first-order valence-electron chi connectivity index (χ1n) is 10.0. The number of nitrogens with zero attached hydrogens (tertiary/aromatic N) is 5. The van der Waals surface area contributed by atoms with Crippen LogP contribution in [-0.4, -0.2) is 70.4 Å². The maximum atomic E-state index is 12.6. The molecule has 3 aromatic heterocycles. The average molecular weight is 427 g/mol. The summed E-state index contributed by atoms with van der Waals surface area (Å²) in [4.78, 5) is 30.6. The number of nitrogens with one attached hydrogen (secondary N) is 1. The molecule has 1 N–H and O–H groups in total. The summed E-state index contributed by atoms with van der Waals surface area (Å²) in [5, 5.41) is 5.59. The Hall–Kier alpha value is -2.62. The van der Waals surface area contributed by atoms with E-state index in [1.807, 2.05) is 24.4 Å². The van der Waals surface area contributed by atoms with Gasteiger partial charge in [-0.1, -0.05) is 0 Å². The zero-order valence-corrected chi connectivity index (χ0v) is 18.3. The van der Waals surface area contributed by atoms with Crippen molar-refractivity contribution < 1.29 is 9.21 Å². The number of furan rings is 1. The topological polar surface area (TPSA) is 87.4 Å². The van der Waals surface area contributed by atoms with E-state index in [2.05, 4.69) is 44.2 Å². The molecule has 0 unspecified atom stereocenters. The molecule has 0 bridgehead atoms. The van der Waals surface area contributed by atoms with E-state index in [-0.39, 0.29) is 5.91 Å². The first-order valence-corrected chi connectivity index (χ1v) is 10.9. The molecular weight excluding hydrogens is 400 g/mol. The predicted molar refractivity (Wildman–Crippen MR) is 117 cm³/mol. The lowest BCUT2D eigenvalue weighted by Crippen LogP contribution is -2.32. The maximum Gasteiger partial charge on any atom is 0.226 e. The molecule has 1 fully saturated rings. The standard InChI is InChI=1S/C21H26N6O2S/c1-14-4-5-17(29-14)20-23-16(21-22-8-11-30-21)12-18(25-20)24-19(28)7-10-27-9-6-15(13-27)26(2)3/h4-5,8,11-12,15H,6-7,9-10,13H2,1-3H3,(H,23,24,25,28)/t15-/m1/s1. The van der Waals surface area contributed by atoms with Crippen molar-refractivity contribution >= 4 is 23.1 Å². The van der Waals surface area contributed by atoms with Gasteiger partial charge in [-0.25, -0.2) is 15.0 Å². The van der Waals surface area contributed by atoms with Gasteiger partial charge in [-0.15, -0.1) is 11.3 Å². The normalized spacial score (nSPS) is 17.0. The van der Waals surface area contributed by atoms with Gasteiger partial charge in [0.1, 0.15) is 22.3 Å². The van der Waals surface area contributed by atoms with Crippen LogP contribution in [0.5, 0.6) is 0 Å². The summed E-state index contributed by atoms with van der Waals surface area (Å²) in [5.74, 6) is 2.17. The van der Waals surface area contributed by atoms with Crippen molar-refractivity contribution in [1.29, 1.82) is 0 Å². The van der Waals surface area contributed by atoms with Crippen molar-refractivity contribution in [1.82, 2.24) is 24.8 Å². The summed E-state index contributed by atoms with van der Waals surface area (Å²) < 4.78 is 5.68. The van der Waals surface area contributed by atoms with Gasteiger partial charge in [-0.05, 0) is 46.1 Å². The SMILES string of the molecule is Cc1ccc(-c2nc(NC(=O)CCN3CC[C@@H](N(C)C)C3)cc(-c3nccs3)n2)o1. The van der Waals surface area contributed by atoms with Gasteiger partial charge in [-0.2, -0.15) is 0 Å². The van der Waals surface area contributed by atoms with Crippen LogP contribution in [0.1, 0.15) is 18.6 Å². The molecule has 0 aromatic carbocycles. The van der Waals surface area contributed by atoms with Crippen LogP contribution in [0, 0.1) is 6.92 Å². The molecular formula is C21H26N6O2S. The minimum absolute atomic E-state index is 0.0614. The van der Waals surface area contributed by atoms with Gasteiger partial charge in [-0.3, -0.25) is 4.79 Å². The van der Waals surface area contributed by atoms with Gasteiger partial charge in [0.05, 0.1) is 0 Å². The van der Waals surface area contributed by atoms with Crippen molar-refractivity contribution in [2.75, 3.05) is 39.0 Å². The van der Waals surface area contributed by atoms with Gasteiger partial charge in [0, 0.05) is 43.2 Å². The number of anilines is 1. The summed E-state index contributed by atoms with van der Waals surface area (Å²) in [6.45, 7) is 4.64. The van der Waals surface area contributed by atoms with E-state index in [0.29, 0.717) is 35.6 Å². The molecule has 0 radical (unpaired) electrons. The second-order valence-corrected chi connectivity index (χ2v) is 8.61. The van der Waals surface area contributed by atoms with Gasteiger partial charge >= 0.3 is 0 Å². The van der Waals surface area contributed by atoms with Crippen molar-refractivity contribution in [3.8, 4) is 22.3 Å². The van der Waals surface area contributed by atoms with Gasteiger partial charge in [0.25, 0.3) is 0 Å². The Morgan fingerprint density at radius 3 is 2.90 bits per heavy atom. The number of aromatic nitrogens is 3. The molecule has 1 aliphatic heterocycles. The van der Waals surface area contributed by atoms with Crippen molar-refractivity contribution in [3.63, 3.8) is 0 Å². The highest BCUT2D eigenvalue weighted by molar-refractivity contribution is 7.13. The van der Waals surface area contributed by atoms with Crippen LogP contribution in [0.4, 0.5) is 5.82 Å². The molecule has 0 spiro atoms. The zero-order valence-electron chi connectivity index (χ0n) is 17.5. The highest BCUT2D eigenvalue weighted by Crippen LogP contribution is 2.26. The first kappa shape index (κ1) is 20.6. The smallest absolute Gasteiger partial charge is 0.226 e. The summed E-state index contributed by atoms with van der Waals surface area (Å²) in [6, 6.07) is 6.02. The molecule has 8 nitrogen and oxygen atoms in total. The maximum absolute atomic E-state index is 12.6. The van der Waals surface area contributed by atoms with E-state index in [4.69, 9.17) is 4.42 Å². The summed E-state index contributed by atoms with van der Waals surface area (Å²) >= 11 is 1.49. The Balaban J connectivity index is 1.46. The predicted octanol–water partition coefficient (Wildman–Crippen LogP) is 3.13. The number of carbonyl (C=O) groups excluding carboxylic acids is 1. The van der Waals surface area contributed by atoms with E-state index < -0.39 is 0 Å². The van der Waals surface area contributed by atoms with Crippen molar-refractivity contribution in [3.05, 3.63) is 35.5 Å². The summed E-state index contributed by atoms with van der Waals surface area (Å²) in [7, 11) is 4.21. The van der Waals surface area contributed by atoms with E-state index in [1.165, 1.54) is 11.3 Å². The third-order valence-electron chi connectivity index (χ3n) is 5.24. The molecule has 1 amide bonds. The fourth-order valence-electron chi connectivity index (χ4n) is 3.54. The number of hydrogen-bond acceptors (Lipinski definition) is 8. The Bertz CT molecular complexity index is 1000. The number of likely N-dealkylation sites (tertiary alicyclic amines) is 1. The summed E-state index contributed by atoms with van der Waals surface area (Å²) in [5.41, 5.74) is 0.660. The van der Waals surface area contributed by atoms with Crippen LogP contribution in [0.3, 0.4) is 0 Å². The highest BCUT2D eigenvalue weighted by atomic mass is 32.1. The summed E-state index contributed by atoms with van der Waals surface area (Å²) in [6.07, 6.45) is 3.30. The molecule has 1 saturated heterocycles. The molecule has 1 aliphatic rings. The van der Waals surface area contributed by atoms with Crippen LogP contribution in [0.15, 0.2) is 34.2 Å². The molecule has 0 saturated carbocycles. The number of amides is 1. The lowest BCUT2D eigenvalue weighted by Gasteiger charge is -2.20. The minimum atomic E-state index is -0.0614. The third kappa shape index (κ3) is 4.92. The zero-order chi connectivity index (χ0) is 21.1. The van der Waals surface area contributed by atoms with E-state index in [9.17, 15) is 4.79 Å². The Morgan fingerprint density at radius 1 is 1.37 bits per heavy atom. The fourth-order valence-corrected chi connectivity index (χ4v) is 4.14. The monoisotopic (exact) mass is 426 g/mol. The largest absolute Gasteiger partial charge is 0.458 e. The van der Waals surface area contributed by atoms with Crippen LogP contribution >= 0.6 is 11.3 Å². The molecule has 1 atom stereocenters. The van der Waals surface area contributed by atoms with Crippen LogP contribution in [-0.2, 0) is 4.79 Å². The average Bonchev–Trinajstić information content (AvgIpc) is 3.47. The molecule has 158 valence electrons. The van der Waals surface area contributed by atoms with Gasteiger partial charge < -0.3 is 19.5 Å². The van der Waals surface area contributed by atoms with Crippen molar-refractivity contribution in [2.24, 2.45) is 0 Å². The van der Waals surface area contributed by atoms with Crippen LogP contribution < -0.4 is 5.32 Å². The van der Waals surface area contributed by atoms with Crippen LogP contribution in [0.2, 0.25) is 0 Å². The number of hydrogen-bond donors (Lipinski definition) is 1. The number of likely N-dealkylation sites (N-methyl/N-ethyl adjacent to an activating group) is 1. The van der Waals surface area contributed by atoms with E-state index in [1.54, 1.807) is 12.3 Å². The Kier molecular flexibility index (Phi) is 6.21. The number of aryl methyl sites for hydroxylation is 1. The molecule has 30 heavy (non-hydrogen) atoms. The number of rotatable bonds is 7. The minimum Gasteiger partial charge on any atom is -0.458 e. The second kappa shape index (κ2) is 9.03. The molecule has 0 aliphatic carbocycles. The molecule has 4 rings (SSSR count). The van der Waals surface area contributed by atoms with Gasteiger partial charge in [0.15, 0.2) is 11.6 Å². The van der Waals surface area contributed by atoms with E-state index >= 15 is 0 Å². The quantitative estimate of drug-likeness (QED) is 0.621. The fraction of sp³-hybridized carbons (Fsp3) is 0.429. The highest BCUT2D eigenvalue weighted by Gasteiger charge is 2.24.